The van der Waals surface area contributed by atoms with Gasteiger partial charge in [0.25, 0.3) is 0 Å². The molecule has 1 aliphatic rings. The zero-order chi connectivity index (χ0) is 18.9. The van der Waals surface area contributed by atoms with Gasteiger partial charge in [-0.15, -0.1) is 0 Å². The minimum atomic E-state index is -0.830. The fourth-order valence-electron chi connectivity index (χ4n) is 3.69. The van der Waals surface area contributed by atoms with Crippen LogP contribution in [-0.4, -0.2) is 41.7 Å². The van der Waals surface area contributed by atoms with Gasteiger partial charge in [-0.1, -0.05) is 48.5 Å². The van der Waals surface area contributed by atoms with Crippen LogP contribution in [0.2, 0.25) is 0 Å². The van der Waals surface area contributed by atoms with Gasteiger partial charge < -0.3 is 14.7 Å². The van der Waals surface area contributed by atoms with Crippen molar-refractivity contribution in [1.82, 2.24) is 4.90 Å². The summed E-state index contributed by atoms with van der Waals surface area (Å²) in [6, 6.07) is 17.7. The van der Waals surface area contributed by atoms with Crippen molar-refractivity contribution in [3.05, 3.63) is 71.3 Å². The Bertz CT molecular complexity index is 709. The van der Waals surface area contributed by atoms with Gasteiger partial charge in [-0.05, 0) is 55.8 Å². The lowest BCUT2D eigenvalue weighted by atomic mass is 10.0. The summed E-state index contributed by atoms with van der Waals surface area (Å²) in [7, 11) is 0. The number of carboxylic acids is 1. The van der Waals surface area contributed by atoms with E-state index in [9.17, 15) is 9.90 Å². The molecule has 144 valence electrons. The highest BCUT2D eigenvalue weighted by molar-refractivity contribution is 5.89. The van der Waals surface area contributed by atoms with Gasteiger partial charge in [-0.25, -0.2) is 4.79 Å². The number of rotatable bonds is 9. The van der Waals surface area contributed by atoms with Crippen LogP contribution in [0, 0.1) is 0 Å². The molecule has 2 aromatic rings. The smallest absolute Gasteiger partial charge is 0.335 e. The molecular weight excluding hydrogens is 338 g/mol. The molecule has 0 aliphatic carbocycles. The Hall–Kier alpha value is -2.17. The lowest BCUT2D eigenvalue weighted by Gasteiger charge is -2.32. The molecule has 4 heteroatoms. The highest BCUT2D eigenvalue weighted by Gasteiger charge is 2.19. The van der Waals surface area contributed by atoms with Crippen molar-refractivity contribution < 1.29 is 14.6 Å². The Morgan fingerprint density at radius 1 is 1.00 bits per heavy atom. The molecule has 1 saturated heterocycles. The number of hydrogen-bond donors (Lipinski definition) is 1. The molecule has 0 aromatic heterocycles. The normalized spacial score (nSPS) is 15.7. The van der Waals surface area contributed by atoms with Crippen molar-refractivity contribution in [2.24, 2.45) is 0 Å². The number of unbranched alkanes of at least 4 members (excludes halogenated alkanes) is 1. The summed E-state index contributed by atoms with van der Waals surface area (Å²) in [6.45, 7) is 3.96. The summed E-state index contributed by atoms with van der Waals surface area (Å²) >= 11 is 0. The van der Waals surface area contributed by atoms with Gasteiger partial charge in [0.15, 0.2) is 0 Å². The molecule has 0 bridgehead atoms. The Morgan fingerprint density at radius 2 is 1.70 bits per heavy atom. The Labute approximate surface area is 161 Å². The van der Waals surface area contributed by atoms with Crippen LogP contribution >= 0.6 is 0 Å². The van der Waals surface area contributed by atoms with Crippen molar-refractivity contribution >= 4 is 5.97 Å². The summed E-state index contributed by atoms with van der Waals surface area (Å²) in [5.74, 6) is -0.830. The number of aromatic carboxylic acids is 1. The quantitative estimate of drug-likeness (QED) is 0.668. The number of benzene rings is 2. The third-order valence-corrected chi connectivity index (χ3v) is 5.28. The van der Waals surface area contributed by atoms with E-state index >= 15 is 0 Å². The van der Waals surface area contributed by atoms with Crippen molar-refractivity contribution in [1.29, 1.82) is 0 Å². The molecule has 3 rings (SSSR count). The van der Waals surface area contributed by atoms with Crippen LogP contribution in [0.3, 0.4) is 0 Å². The van der Waals surface area contributed by atoms with Gasteiger partial charge in [-0.3, -0.25) is 0 Å². The van der Waals surface area contributed by atoms with E-state index in [2.05, 4.69) is 29.2 Å². The molecule has 0 spiro atoms. The van der Waals surface area contributed by atoms with Crippen molar-refractivity contribution in [3.8, 4) is 0 Å². The molecule has 0 unspecified atom stereocenters. The Kier molecular flexibility index (Phi) is 7.43. The number of piperidine rings is 1. The first-order chi connectivity index (χ1) is 13.2. The van der Waals surface area contributed by atoms with Crippen molar-refractivity contribution in [2.75, 3.05) is 19.6 Å². The van der Waals surface area contributed by atoms with Crippen LogP contribution in [-0.2, 0) is 17.8 Å². The van der Waals surface area contributed by atoms with Gasteiger partial charge in [0.05, 0.1) is 18.3 Å². The van der Waals surface area contributed by atoms with Crippen molar-refractivity contribution in [2.45, 2.75) is 44.8 Å². The number of nitrogens with zero attached hydrogens (tertiary/aromatic N) is 1. The highest BCUT2D eigenvalue weighted by atomic mass is 16.5. The molecule has 1 N–H and O–H groups in total. The fourth-order valence-corrected chi connectivity index (χ4v) is 3.69. The summed E-state index contributed by atoms with van der Waals surface area (Å²) in [5, 5.41) is 9.25. The molecule has 2 aromatic carbocycles. The van der Waals surface area contributed by atoms with Crippen LogP contribution in [0.15, 0.2) is 54.6 Å². The molecule has 0 atom stereocenters. The van der Waals surface area contributed by atoms with Crippen molar-refractivity contribution in [3.63, 3.8) is 0 Å². The van der Waals surface area contributed by atoms with Crippen LogP contribution < -0.4 is 0 Å². The predicted molar refractivity (Wildman–Crippen MR) is 107 cm³/mol. The van der Waals surface area contributed by atoms with E-state index in [1.807, 2.05) is 18.2 Å². The summed E-state index contributed by atoms with van der Waals surface area (Å²) in [4.78, 5) is 13.8. The summed E-state index contributed by atoms with van der Waals surface area (Å²) in [6.07, 6.45) is 5.50. The second-order valence-corrected chi connectivity index (χ2v) is 7.26. The van der Waals surface area contributed by atoms with Crippen LogP contribution in [0.1, 0.15) is 47.2 Å². The Balaban J connectivity index is 1.31. The van der Waals surface area contributed by atoms with Gasteiger partial charge in [0.1, 0.15) is 0 Å². The monoisotopic (exact) mass is 367 g/mol. The maximum atomic E-state index is 11.3. The number of likely N-dealkylation sites (tertiary alicyclic amines) is 1. The van der Waals surface area contributed by atoms with E-state index in [4.69, 9.17) is 4.74 Å². The molecule has 1 fully saturated rings. The summed E-state index contributed by atoms with van der Waals surface area (Å²) < 4.78 is 6.05. The molecule has 0 amide bonds. The fraction of sp³-hybridized carbons (Fsp3) is 0.435. The second kappa shape index (κ2) is 10.2. The number of carboxylic acid groups (broad SMARTS) is 1. The third-order valence-electron chi connectivity index (χ3n) is 5.28. The van der Waals surface area contributed by atoms with Gasteiger partial charge >= 0.3 is 5.97 Å². The molecular formula is C23H29NO3. The van der Waals surface area contributed by atoms with Crippen LogP contribution in [0.25, 0.3) is 0 Å². The minimum Gasteiger partial charge on any atom is -0.478 e. The van der Waals surface area contributed by atoms with Crippen LogP contribution in [0.4, 0.5) is 0 Å². The first kappa shape index (κ1) is 19.6. The lowest BCUT2D eigenvalue weighted by Crippen LogP contribution is -2.37. The minimum absolute atomic E-state index is 0.365. The largest absolute Gasteiger partial charge is 0.478 e. The standard InChI is InChI=1S/C23H29NO3/c25-23(26)22-12-5-4-10-20(22)11-6-7-15-24-16-13-21(14-17-24)27-18-19-8-2-1-3-9-19/h1-5,8-10,12,21H,6-7,11,13-18H2,(H,25,26). The molecule has 4 nitrogen and oxygen atoms in total. The van der Waals surface area contributed by atoms with E-state index in [-0.39, 0.29) is 0 Å². The SMILES string of the molecule is O=C(O)c1ccccc1CCCCN1CCC(OCc2ccccc2)CC1. The Morgan fingerprint density at radius 3 is 2.44 bits per heavy atom. The number of carbonyl (C=O) groups is 1. The third kappa shape index (κ3) is 6.19. The maximum Gasteiger partial charge on any atom is 0.335 e. The van der Waals surface area contributed by atoms with Gasteiger partial charge in [0, 0.05) is 13.1 Å². The summed E-state index contributed by atoms with van der Waals surface area (Å²) in [5.41, 5.74) is 2.62. The van der Waals surface area contributed by atoms with E-state index in [1.54, 1.807) is 12.1 Å². The zero-order valence-electron chi connectivity index (χ0n) is 15.8. The molecule has 0 saturated carbocycles. The first-order valence-electron chi connectivity index (χ1n) is 9.91. The number of aryl methyl sites for hydroxylation is 1. The number of ether oxygens (including phenoxy) is 1. The average molecular weight is 367 g/mol. The second-order valence-electron chi connectivity index (χ2n) is 7.26. The van der Waals surface area contributed by atoms with Crippen LogP contribution in [0.5, 0.6) is 0 Å². The van der Waals surface area contributed by atoms with Gasteiger partial charge in [0.2, 0.25) is 0 Å². The van der Waals surface area contributed by atoms with E-state index in [1.165, 1.54) is 5.56 Å². The molecule has 1 heterocycles. The van der Waals surface area contributed by atoms with Gasteiger partial charge in [-0.2, -0.15) is 0 Å². The molecule has 27 heavy (non-hydrogen) atoms. The molecule has 1 aliphatic heterocycles. The predicted octanol–water partition coefficient (Wildman–Crippen LogP) is 4.39. The van der Waals surface area contributed by atoms with E-state index < -0.39 is 5.97 Å². The zero-order valence-corrected chi connectivity index (χ0v) is 15.8. The van der Waals surface area contributed by atoms with E-state index in [0.717, 1.165) is 57.3 Å². The topological polar surface area (TPSA) is 49.8 Å². The average Bonchev–Trinajstić information content (AvgIpc) is 2.71. The molecule has 0 radical (unpaired) electrons. The first-order valence-corrected chi connectivity index (χ1v) is 9.91. The van der Waals surface area contributed by atoms with E-state index in [0.29, 0.717) is 18.3 Å². The number of hydrogen-bond acceptors (Lipinski definition) is 3. The highest BCUT2D eigenvalue weighted by Crippen LogP contribution is 2.17. The maximum absolute atomic E-state index is 11.3. The lowest BCUT2D eigenvalue weighted by molar-refractivity contribution is -0.00262.